The summed E-state index contributed by atoms with van der Waals surface area (Å²) in [7, 11) is -5.63. The third-order valence-corrected chi connectivity index (χ3v) is 3.58. The van der Waals surface area contributed by atoms with Crippen molar-refractivity contribution < 1.29 is 35.3 Å². The second kappa shape index (κ2) is 7.59. The lowest BCUT2D eigenvalue weighted by molar-refractivity contribution is -0.0547. The maximum absolute atomic E-state index is 12.1. The van der Waals surface area contributed by atoms with Gasteiger partial charge in [0.05, 0.1) is 18.8 Å². The highest BCUT2D eigenvalue weighted by molar-refractivity contribution is 7.87. The molecule has 0 unspecified atom stereocenters. The third kappa shape index (κ3) is 5.30. The molecule has 0 bridgehead atoms. The minimum Gasteiger partial charge on any atom is -0.462 e. The SMILES string of the molecule is CCCCOC(=O)c1ccc(COS(=O)(=O)C(F)(F)F)cc1. The van der Waals surface area contributed by atoms with E-state index < -0.39 is 28.2 Å². The highest BCUT2D eigenvalue weighted by Crippen LogP contribution is 2.25. The van der Waals surface area contributed by atoms with E-state index in [1.165, 1.54) is 24.3 Å². The van der Waals surface area contributed by atoms with Crippen molar-refractivity contribution >= 4 is 16.1 Å². The zero-order chi connectivity index (χ0) is 16.8. The van der Waals surface area contributed by atoms with E-state index in [0.717, 1.165) is 12.8 Å². The van der Waals surface area contributed by atoms with Crippen molar-refractivity contribution in [3.05, 3.63) is 35.4 Å². The molecule has 9 heteroatoms. The van der Waals surface area contributed by atoms with Gasteiger partial charge in [-0.2, -0.15) is 21.6 Å². The molecule has 0 aliphatic carbocycles. The van der Waals surface area contributed by atoms with Gasteiger partial charge in [0.2, 0.25) is 0 Å². The van der Waals surface area contributed by atoms with Crippen LogP contribution in [0.15, 0.2) is 24.3 Å². The molecule has 1 aromatic carbocycles. The molecule has 0 saturated heterocycles. The fourth-order valence-electron chi connectivity index (χ4n) is 1.34. The molecule has 0 aromatic heterocycles. The molecular formula is C13H15F3O5S. The van der Waals surface area contributed by atoms with Crippen LogP contribution in [0.25, 0.3) is 0 Å². The molecular weight excluding hydrogens is 325 g/mol. The van der Waals surface area contributed by atoms with Crippen molar-refractivity contribution in [1.29, 1.82) is 0 Å². The van der Waals surface area contributed by atoms with E-state index in [9.17, 15) is 26.4 Å². The molecule has 0 aliphatic rings. The molecule has 0 atom stereocenters. The summed E-state index contributed by atoms with van der Waals surface area (Å²) in [4.78, 5) is 11.6. The van der Waals surface area contributed by atoms with E-state index in [0.29, 0.717) is 0 Å². The van der Waals surface area contributed by atoms with E-state index >= 15 is 0 Å². The highest BCUT2D eigenvalue weighted by Gasteiger charge is 2.47. The molecule has 0 amide bonds. The summed E-state index contributed by atoms with van der Waals surface area (Å²) in [6.07, 6.45) is 1.60. The number of benzene rings is 1. The average Bonchev–Trinajstić information content (AvgIpc) is 2.44. The van der Waals surface area contributed by atoms with Gasteiger partial charge in [-0.25, -0.2) is 4.79 Å². The van der Waals surface area contributed by atoms with Crippen LogP contribution in [0.4, 0.5) is 13.2 Å². The third-order valence-electron chi connectivity index (χ3n) is 2.58. The van der Waals surface area contributed by atoms with Gasteiger partial charge in [0.15, 0.2) is 0 Å². The van der Waals surface area contributed by atoms with Gasteiger partial charge in [-0.15, -0.1) is 0 Å². The van der Waals surface area contributed by atoms with Crippen LogP contribution >= 0.6 is 0 Å². The summed E-state index contributed by atoms with van der Waals surface area (Å²) in [5.74, 6) is -0.552. The predicted octanol–water partition coefficient (Wildman–Crippen LogP) is 3.01. The molecule has 0 fully saturated rings. The molecule has 0 N–H and O–H groups in total. The van der Waals surface area contributed by atoms with Gasteiger partial charge >= 0.3 is 21.6 Å². The molecule has 22 heavy (non-hydrogen) atoms. The second-order valence-corrected chi connectivity index (χ2v) is 5.96. The molecule has 5 nitrogen and oxygen atoms in total. The van der Waals surface area contributed by atoms with Crippen LogP contribution in [0.2, 0.25) is 0 Å². The summed E-state index contributed by atoms with van der Waals surface area (Å²) in [5.41, 5.74) is -5.06. The molecule has 0 heterocycles. The number of hydrogen-bond donors (Lipinski definition) is 0. The first kappa shape index (κ1) is 18.4. The number of esters is 1. The van der Waals surface area contributed by atoms with Crippen molar-refractivity contribution in [2.45, 2.75) is 31.9 Å². The number of ether oxygens (including phenoxy) is 1. The highest BCUT2D eigenvalue weighted by atomic mass is 32.2. The fraction of sp³-hybridized carbons (Fsp3) is 0.462. The summed E-state index contributed by atoms with van der Waals surface area (Å²) < 4.78 is 66.5. The van der Waals surface area contributed by atoms with Gasteiger partial charge in [-0.1, -0.05) is 25.5 Å². The smallest absolute Gasteiger partial charge is 0.462 e. The number of carbonyl (C=O) groups excluding carboxylic acids is 1. The lowest BCUT2D eigenvalue weighted by atomic mass is 10.1. The molecule has 0 aliphatic heterocycles. The van der Waals surface area contributed by atoms with E-state index in [2.05, 4.69) is 4.18 Å². The van der Waals surface area contributed by atoms with E-state index in [4.69, 9.17) is 4.74 Å². The van der Waals surface area contributed by atoms with Crippen LogP contribution < -0.4 is 0 Å². The Bertz CT molecular complexity index is 593. The first-order valence-electron chi connectivity index (χ1n) is 6.39. The van der Waals surface area contributed by atoms with Crippen LogP contribution in [-0.2, 0) is 25.6 Å². The van der Waals surface area contributed by atoms with Crippen LogP contribution in [0.5, 0.6) is 0 Å². The van der Waals surface area contributed by atoms with Crippen molar-refractivity contribution in [3.8, 4) is 0 Å². The largest absolute Gasteiger partial charge is 0.523 e. The lowest BCUT2D eigenvalue weighted by Gasteiger charge is -2.08. The first-order valence-corrected chi connectivity index (χ1v) is 7.80. The number of alkyl halides is 3. The standard InChI is InChI=1S/C13H15F3O5S/c1-2-3-8-20-12(17)11-6-4-10(5-7-11)9-21-22(18,19)13(14,15)16/h4-7H,2-3,8-9H2,1H3. The topological polar surface area (TPSA) is 69.7 Å². The molecule has 1 rings (SSSR count). The Labute approximate surface area is 126 Å². The summed E-state index contributed by atoms with van der Waals surface area (Å²) in [6, 6.07) is 5.24. The Hall–Kier alpha value is -1.61. The van der Waals surface area contributed by atoms with Gasteiger partial charge in [-0.3, -0.25) is 4.18 Å². The van der Waals surface area contributed by atoms with E-state index in [-0.39, 0.29) is 17.7 Å². The second-order valence-electron chi connectivity index (χ2n) is 4.35. The zero-order valence-corrected chi connectivity index (χ0v) is 12.5. The molecule has 0 radical (unpaired) electrons. The fourth-order valence-corrected chi connectivity index (χ4v) is 1.77. The van der Waals surface area contributed by atoms with Crippen molar-refractivity contribution in [2.75, 3.05) is 6.61 Å². The monoisotopic (exact) mass is 340 g/mol. The maximum atomic E-state index is 12.1. The Morgan fingerprint density at radius 2 is 1.77 bits per heavy atom. The summed E-state index contributed by atoms with van der Waals surface area (Å²) in [6.45, 7) is 1.45. The quantitative estimate of drug-likeness (QED) is 0.330. The molecule has 0 saturated carbocycles. The Balaban J connectivity index is 2.61. The zero-order valence-electron chi connectivity index (χ0n) is 11.7. The Morgan fingerprint density at radius 3 is 2.27 bits per heavy atom. The Morgan fingerprint density at radius 1 is 1.18 bits per heavy atom. The molecule has 1 aromatic rings. The minimum atomic E-state index is -5.63. The van der Waals surface area contributed by atoms with Crippen LogP contribution in [0, 0.1) is 0 Å². The van der Waals surface area contributed by atoms with Gasteiger partial charge in [0.25, 0.3) is 0 Å². The van der Waals surface area contributed by atoms with E-state index in [1.807, 2.05) is 6.92 Å². The number of halogens is 3. The minimum absolute atomic E-state index is 0.179. The number of unbranched alkanes of at least 4 members (excludes halogenated alkanes) is 1. The van der Waals surface area contributed by atoms with Crippen LogP contribution in [0.3, 0.4) is 0 Å². The van der Waals surface area contributed by atoms with Gasteiger partial charge < -0.3 is 4.74 Å². The molecule has 124 valence electrons. The maximum Gasteiger partial charge on any atom is 0.523 e. The van der Waals surface area contributed by atoms with E-state index in [1.54, 1.807) is 0 Å². The molecule has 0 spiro atoms. The first-order chi connectivity index (χ1) is 10.2. The van der Waals surface area contributed by atoms with Gasteiger partial charge in [-0.05, 0) is 24.1 Å². The van der Waals surface area contributed by atoms with Crippen LogP contribution in [-0.4, -0.2) is 26.5 Å². The van der Waals surface area contributed by atoms with Crippen LogP contribution in [0.1, 0.15) is 35.7 Å². The predicted molar refractivity (Wildman–Crippen MR) is 71.4 cm³/mol. The number of carbonyl (C=O) groups is 1. The number of rotatable bonds is 7. The number of hydrogen-bond acceptors (Lipinski definition) is 5. The summed E-state index contributed by atoms with van der Waals surface area (Å²) >= 11 is 0. The van der Waals surface area contributed by atoms with Crippen molar-refractivity contribution in [2.24, 2.45) is 0 Å². The average molecular weight is 340 g/mol. The normalized spacial score (nSPS) is 12.2. The van der Waals surface area contributed by atoms with Crippen molar-refractivity contribution in [1.82, 2.24) is 0 Å². The van der Waals surface area contributed by atoms with Gasteiger partial charge in [0, 0.05) is 0 Å². The lowest BCUT2D eigenvalue weighted by Crippen LogP contribution is -2.25. The van der Waals surface area contributed by atoms with Gasteiger partial charge in [0.1, 0.15) is 0 Å². The van der Waals surface area contributed by atoms with Crippen molar-refractivity contribution in [3.63, 3.8) is 0 Å². The summed E-state index contributed by atoms with van der Waals surface area (Å²) in [5, 5.41) is 0. The Kier molecular flexibility index (Phi) is 6.36.